The molecule has 0 aromatic heterocycles. The average Bonchev–Trinajstić information content (AvgIpc) is 2.66. The smallest absolute Gasteiger partial charge is 0.350 e. The Morgan fingerprint density at radius 2 is 2.11 bits per heavy atom. The minimum Gasteiger partial charge on any atom is -0.504 e. The first kappa shape index (κ1) is 13.1. The van der Waals surface area contributed by atoms with Gasteiger partial charge in [0.05, 0.1) is 7.11 Å². The molecule has 1 heterocycles. The number of phenols is 1. The number of imide groups is 1. The minimum atomic E-state index is -0.520. The molecule has 0 bridgehead atoms. The Kier molecular flexibility index (Phi) is 3.50. The molecule has 0 spiro atoms. The minimum absolute atomic E-state index is 0.0252. The summed E-state index contributed by atoms with van der Waals surface area (Å²) in [4.78, 5) is 28.1. The molecule has 0 radical (unpaired) electrons. The molecule has 3 amide bonds. The van der Waals surface area contributed by atoms with Crippen molar-refractivity contribution in [2.24, 2.45) is 4.99 Å². The van der Waals surface area contributed by atoms with Crippen LogP contribution in [0.15, 0.2) is 23.2 Å². The van der Waals surface area contributed by atoms with Crippen molar-refractivity contribution >= 4 is 17.6 Å². The number of aliphatic imine (C=N–C) groups is 1. The van der Waals surface area contributed by atoms with Crippen LogP contribution >= 0.6 is 0 Å². The summed E-state index contributed by atoms with van der Waals surface area (Å²) in [6.45, 7) is 2.03. The van der Waals surface area contributed by atoms with Crippen molar-refractivity contribution < 1.29 is 19.4 Å². The lowest BCUT2D eigenvalue weighted by atomic mass is 10.1. The van der Waals surface area contributed by atoms with E-state index in [1.54, 1.807) is 19.1 Å². The van der Waals surface area contributed by atoms with Crippen LogP contribution in [0.3, 0.4) is 0 Å². The Morgan fingerprint density at radius 3 is 2.68 bits per heavy atom. The summed E-state index contributed by atoms with van der Waals surface area (Å²) in [5.74, 6) is -0.0149. The number of carbonyl (C=O) groups is 2. The van der Waals surface area contributed by atoms with Gasteiger partial charge in [0.25, 0.3) is 5.91 Å². The van der Waals surface area contributed by atoms with E-state index in [0.29, 0.717) is 12.3 Å². The van der Waals surface area contributed by atoms with Crippen LogP contribution in [-0.2, 0) is 11.2 Å². The summed E-state index contributed by atoms with van der Waals surface area (Å²) in [5, 5.41) is 9.49. The van der Waals surface area contributed by atoms with Gasteiger partial charge in [-0.2, -0.15) is 4.99 Å². The number of urea groups is 1. The van der Waals surface area contributed by atoms with Crippen molar-refractivity contribution in [3.63, 3.8) is 0 Å². The number of hydrogen-bond donors (Lipinski definition) is 1. The lowest BCUT2D eigenvalue weighted by Crippen LogP contribution is -2.32. The highest BCUT2D eigenvalue weighted by Crippen LogP contribution is 2.26. The number of methoxy groups -OCH3 is 1. The Bertz CT molecular complexity index is 566. The van der Waals surface area contributed by atoms with Crippen LogP contribution in [0.2, 0.25) is 0 Å². The number of benzene rings is 1. The van der Waals surface area contributed by atoms with E-state index in [2.05, 4.69) is 4.99 Å². The van der Waals surface area contributed by atoms with Gasteiger partial charge in [-0.25, -0.2) is 4.79 Å². The maximum atomic E-state index is 11.9. The second kappa shape index (κ2) is 5.09. The Morgan fingerprint density at radius 1 is 1.37 bits per heavy atom. The van der Waals surface area contributed by atoms with Gasteiger partial charge in [0, 0.05) is 13.0 Å². The lowest BCUT2D eigenvalue weighted by Gasteiger charge is -2.09. The van der Waals surface area contributed by atoms with E-state index in [9.17, 15) is 14.7 Å². The van der Waals surface area contributed by atoms with Crippen LogP contribution in [-0.4, -0.2) is 41.3 Å². The normalized spacial score (nSPS) is 14.8. The molecule has 0 aliphatic carbocycles. The quantitative estimate of drug-likeness (QED) is 0.888. The van der Waals surface area contributed by atoms with Gasteiger partial charge in [0.2, 0.25) is 0 Å². The van der Waals surface area contributed by atoms with E-state index < -0.39 is 6.03 Å². The third-order valence-electron chi connectivity index (χ3n) is 2.89. The average molecular weight is 262 g/mol. The molecule has 2 rings (SSSR count). The molecule has 19 heavy (non-hydrogen) atoms. The Hall–Kier alpha value is -2.37. The predicted octanol–water partition coefficient (Wildman–Crippen LogP) is 1.37. The Balaban J connectivity index is 2.21. The molecular weight excluding hydrogens is 248 g/mol. The van der Waals surface area contributed by atoms with E-state index in [-0.39, 0.29) is 23.8 Å². The third-order valence-corrected chi connectivity index (χ3v) is 2.89. The van der Waals surface area contributed by atoms with E-state index in [1.165, 1.54) is 13.2 Å². The fraction of sp³-hybridized carbons (Fsp3) is 0.308. The van der Waals surface area contributed by atoms with E-state index in [1.807, 2.05) is 0 Å². The third kappa shape index (κ3) is 2.42. The summed E-state index contributed by atoms with van der Waals surface area (Å²) in [6.07, 6.45) is 0.234. The number of aromatic hydroxyl groups is 1. The summed E-state index contributed by atoms with van der Waals surface area (Å²) in [6, 6.07) is 4.23. The van der Waals surface area contributed by atoms with Gasteiger partial charge in [-0.1, -0.05) is 6.07 Å². The van der Waals surface area contributed by atoms with Gasteiger partial charge in [-0.3, -0.25) is 9.69 Å². The van der Waals surface area contributed by atoms with E-state index in [4.69, 9.17) is 4.74 Å². The molecule has 1 aliphatic heterocycles. The van der Waals surface area contributed by atoms with Crippen LogP contribution in [0.5, 0.6) is 11.5 Å². The highest BCUT2D eigenvalue weighted by Gasteiger charge is 2.31. The molecule has 0 saturated heterocycles. The van der Waals surface area contributed by atoms with Crippen molar-refractivity contribution in [1.29, 1.82) is 0 Å². The highest BCUT2D eigenvalue weighted by atomic mass is 16.5. The molecule has 1 N–H and O–H groups in total. The second-order valence-corrected chi connectivity index (χ2v) is 4.07. The molecule has 0 fully saturated rings. The zero-order valence-corrected chi connectivity index (χ0v) is 10.7. The second-order valence-electron chi connectivity index (χ2n) is 4.07. The van der Waals surface area contributed by atoms with Crippen molar-refractivity contribution in [3.8, 4) is 11.5 Å². The van der Waals surface area contributed by atoms with Crippen LogP contribution in [0.1, 0.15) is 12.5 Å². The molecule has 1 aromatic carbocycles. The number of hydrogen-bond acceptors (Lipinski definition) is 4. The van der Waals surface area contributed by atoms with Crippen LogP contribution < -0.4 is 4.74 Å². The van der Waals surface area contributed by atoms with Gasteiger partial charge in [-0.05, 0) is 24.6 Å². The van der Waals surface area contributed by atoms with Gasteiger partial charge in [-0.15, -0.1) is 0 Å². The number of nitrogens with zero attached hydrogens (tertiary/aromatic N) is 2. The van der Waals surface area contributed by atoms with Crippen molar-refractivity contribution in [2.45, 2.75) is 13.3 Å². The standard InChI is InChI=1S/C13H14N2O4/c1-3-15-12(17)9(14-13(15)18)6-8-4-5-10(16)11(7-8)19-2/h4-5,7,16H,3,6H2,1-2H3. The first-order valence-corrected chi connectivity index (χ1v) is 5.86. The van der Waals surface area contributed by atoms with Gasteiger partial charge >= 0.3 is 6.03 Å². The van der Waals surface area contributed by atoms with Gasteiger partial charge in [0.1, 0.15) is 5.71 Å². The summed E-state index contributed by atoms with van der Waals surface area (Å²) >= 11 is 0. The number of carbonyl (C=O) groups excluding carboxylic acids is 2. The monoisotopic (exact) mass is 262 g/mol. The predicted molar refractivity (Wildman–Crippen MR) is 68.6 cm³/mol. The molecular formula is C13H14N2O4. The van der Waals surface area contributed by atoms with Crippen molar-refractivity contribution in [2.75, 3.05) is 13.7 Å². The van der Waals surface area contributed by atoms with Crippen molar-refractivity contribution in [1.82, 2.24) is 4.90 Å². The molecule has 0 unspecified atom stereocenters. The first-order chi connectivity index (χ1) is 9.06. The summed E-state index contributed by atoms with van der Waals surface area (Å²) in [5.41, 5.74) is 0.951. The highest BCUT2D eigenvalue weighted by molar-refractivity contribution is 6.46. The zero-order valence-electron chi connectivity index (χ0n) is 10.7. The molecule has 6 nitrogen and oxygen atoms in total. The SMILES string of the molecule is CCN1C(=O)N=C(Cc2ccc(O)c(OC)c2)C1=O. The molecule has 1 aromatic rings. The van der Waals surface area contributed by atoms with Gasteiger partial charge < -0.3 is 9.84 Å². The zero-order chi connectivity index (χ0) is 14.0. The molecule has 6 heteroatoms. The fourth-order valence-electron chi connectivity index (χ4n) is 1.89. The molecule has 0 atom stereocenters. The molecule has 1 aliphatic rings. The molecule has 100 valence electrons. The van der Waals surface area contributed by atoms with E-state index in [0.717, 1.165) is 10.5 Å². The van der Waals surface area contributed by atoms with Crippen LogP contribution in [0, 0.1) is 0 Å². The largest absolute Gasteiger partial charge is 0.504 e. The lowest BCUT2D eigenvalue weighted by molar-refractivity contribution is -0.120. The fourth-order valence-corrected chi connectivity index (χ4v) is 1.89. The topological polar surface area (TPSA) is 79.2 Å². The summed E-state index contributed by atoms with van der Waals surface area (Å²) < 4.78 is 4.99. The first-order valence-electron chi connectivity index (χ1n) is 5.86. The number of phenolic OH excluding ortho intramolecular Hbond substituents is 1. The number of ether oxygens (including phenoxy) is 1. The Labute approximate surface area is 110 Å². The van der Waals surface area contributed by atoms with Crippen LogP contribution in [0.25, 0.3) is 0 Å². The van der Waals surface area contributed by atoms with E-state index >= 15 is 0 Å². The van der Waals surface area contributed by atoms with Crippen LogP contribution in [0.4, 0.5) is 4.79 Å². The maximum absolute atomic E-state index is 11.9. The van der Waals surface area contributed by atoms with Gasteiger partial charge in [0.15, 0.2) is 11.5 Å². The van der Waals surface area contributed by atoms with Crippen molar-refractivity contribution in [3.05, 3.63) is 23.8 Å². The molecule has 0 saturated carbocycles. The maximum Gasteiger partial charge on any atom is 0.350 e. The number of rotatable bonds is 4. The summed E-state index contributed by atoms with van der Waals surface area (Å²) in [7, 11) is 1.44. The number of amides is 3.